The molecule has 4 heteroatoms. The fourth-order valence-corrected chi connectivity index (χ4v) is 2.80. The molecule has 1 atom stereocenters. The van der Waals surface area contributed by atoms with Crippen LogP contribution >= 0.6 is 11.8 Å². The third-order valence-corrected chi connectivity index (χ3v) is 3.69. The Hall–Kier alpha value is -0.870. The van der Waals surface area contributed by atoms with Crippen LogP contribution in [0, 0.1) is 0 Å². The number of benzene rings is 1. The van der Waals surface area contributed by atoms with E-state index >= 15 is 0 Å². The van der Waals surface area contributed by atoms with E-state index in [0.29, 0.717) is 6.04 Å². The van der Waals surface area contributed by atoms with Crippen molar-refractivity contribution >= 4 is 17.4 Å². The predicted molar refractivity (Wildman–Crippen MR) is 62.8 cm³/mol. The lowest BCUT2D eigenvalue weighted by molar-refractivity contribution is 0.282. The average Bonchev–Trinajstić information content (AvgIpc) is 2.28. The van der Waals surface area contributed by atoms with Gasteiger partial charge < -0.3 is 15.2 Å². The Kier molecular flexibility index (Phi) is 3.38. The fourth-order valence-electron chi connectivity index (χ4n) is 1.69. The van der Waals surface area contributed by atoms with Crippen molar-refractivity contribution in [2.45, 2.75) is 17.4 Å². The zero-order chi connectivity index (χ0) is 10.7. The second kappa shape index (κ2) is 4.77. The van der Waals surface area contributed by atoms with Gasteiger partial charge in [0, 0.05) is 23.3 Å². The second-order valence-electron chi connectivity index (χ2n) is 3.50. The summed E-state index contributed by atoms with van der Waals surface area (Å²) in [5, 5.41) is 12.3. The third kappa shape index (κ3) is 2.21. The average molecular weight is 225 g/mol. The first-order chi connectivity index (χ1) is 7.35. The maximum atomic E-state index is 8.91. The van der Waals surface area contributed by atoms with Crippen LogP contribution in [0.4, 0.5) is 5.69 Å². The van der Waals surface area contributed by atoms with Gasteiger partial charge in [0.05, 0.1) is 12.8 Å². The Morgan fingerprint density at radius 3 is 3.20 bits per heavy atom. The summed E-state index contributed by atoms with van der Waals surface area (Å²) in [6, 6.07) is 6.38. The molecule has 2 N–H and O–H groups in total. The van der Waals surface area contributed by atoms with Gasteiger partial charge >= 0.3 is 0 Å². The van der Waals surface area contributed by atoms with Crippen LogP contribution in [0.15, 0.2) is 23.1 Å². The van der Waals surface area contributed by atoms with Crippen molar-refractivity contribution < 1.29 is 9.84 Å². The summed E-state index contributed by atoms with van der Waals surface area (Å²) in [5.41, 5.74) is 1.06. The molecule has 0 radical (unpaired) electrons. The first-order valence-electron chi connectivity index (χ1n) is 5.02. The van der Waals surface area contributed by atoms with Crippen LogP contribution in [0.25, 0.3) is 0 Å². The first-order valence-corrected chi connectivity index (χ1v) is 6.01. The van der Waals surface area contributed by atoms with Gasteiger partial charge in [-0.2, -0.15) is 0 Å². The van der Waals surface area contributed by atoms with E-state index < -0.39 is 0 Å². The number of nitrogens with one attached hydrogen (secondary N) is 1. The topological polar surface area (TPSA) is 41.5 Å². The zero-order valence-corrected chi connectivity index (χ0v) is 9.51. The minimum Gasteiger partial charge on any atom is -0.495 e. The molecule has 0 amide bonds. The van der Waals surface area contributed by atoms with Crippen molar-refractivity contribution in [3.63, 3.8) is 0 Å². The molecule has 0 aliphatic carbocycles. The van der Waals surface area contributed by atoms with Crippen LogP contribution in [-0.4, -0.2) is 30.6 Å². The molecule has 0 saturated carbocycles. The van der Waals surface area contributed by atoms with Gasteiger partial charge in [0.1, 0.15) is 5.75 Å². The molecule has 1 heterocycles. The normalized spacial score (nSPS) is 19.2. The number of para-hydroxylation sites is 1. The number of thioether (sulfide) groups is 1. The molecule has 82 valence electrons. The molecule has 1 unspecified atom stereocenters. The first kappa shape index (κ1) is 10.6. The van der Waals surface area contributed by atoms with Crippen molar-refractivity contribution in [3.8, 4) is 5.75 Å². The van der Waals surface area contributed by atoms with E-state index in [9.17, 15) is 0 Å². The van der Waals surface area contributed by atoms with Gasteiger partial charge in [-0.05, 0) is 18.6 Å². The van der Waals surface area contributed by atoms with E-state index in [-0.39, 0.29) is 6.61 Å². The second-order valence-corrected chi connectivity index (χ2v) is 4.56. The van der Waals surface area contributed by atoms with E-state index in [2.05, 4.69) is 11.4 Å². The number of hydrogen-bond donors (Lipinski definition) is 2. The SMILES string of the molecule is COc1cccc2c1NC(CCO)CS2. The molecule has 1 aromatic carbocycles. The number of anilines is 1. The molecule has 0 spiro atoms. The molecule has 15 heavy (non-hydrogen) atoms. The molecular weight excluding hydrogens is 210 g/mol. The van der Waals surface area contributed by atoms with Crippen LogP contribution in [0.2, 0.25) is 0 Å². The molecule has 1 aliphatic heterocycles. The molecule has 0 fully saturated rings. The minimum absolute atomic E-state index is 0.225. The summed E-state index contributed by atoms with van der Waals surface area (Å²) in [4.78, 5) is 1.23. The van der Waals surface area contributed by atoms with Crippen molar-refractivity contribution in [2.24, 2.45) is 0 Å². The Bertz CT molecular complexity index is 329. The lowest BCUT2D eigenvalue weighted by atomic mass is 10.2. The van der Waals surface area contributed by atoms with E-state index in [1.165, 1.54) is 4.90 Å². The van der Waals surface area contributed by atoms with E-state index in [0.717, 1.165) is 23.6 Å². The van der Waals surface area contributed by atoms with Crippen LogP contribution in [0.5, 0.6) is 5.75 Å². The highest BCUT2D eigenvalue weighted by molar-refractivity contribution is 7.99. The third-order valence-electron chi connectivity index (χ3n) is 2.47. The Labute approximate surface area is 93.8 Å². The minimum atomic E-state index is 0.225. The fraction of sp³-hybridized carbons (Fsp3) is 0.455. The molecule has 3 nitrogen and oxygen atoms in total. The Morgan fingerprint density at radius 1 is 1.60 bits per heavy atom. The van der Waals surface area contributed by atoms with Gasteiger partial charge in [-0.3, -0.25) is 0 Å². The highest BCUT2D eigenvalue weighted by Gasteiger charge is 2.20. The van der Waals surface area contributed by atoms with Crippen molar-refractivity contribution in [1.29, 1.82) is 0 Å². The molecule has 2 rings (SSSR count). The van der Waals surface area contributed by atoms with E-state index in [4.69, 9.17) is 9.84 Å². The Balaban J connectivity index is 2.22. The largest absolute Gasteiger partial charge is 0.495 e. The Morgan fingerprint density at radius 2 is 2.47 bits per heavy atom. The number of fused-ring (bicyclic) bond motifs is 1. The van der Waals surface area contributed by atoms with Gasteiger partial charge in [0.2, 0.25) is 0 Å². The summed E-state index contributed by atoms with van der Waals surface area (Å²) in [6.45, 7) is 0.225. The van der Waals surface area contributed by atoms with Crippen LogP contribution in [0.3, 0.4) is 0 Å². The quantitative estimate of drug-likeness (QED) is 0.825. The maximum Gasteiger partial charge on any atom is 0.143 e. The molecule has 0 bridgehead atoms. The monoisotopic (exact) mass is 225 g/mol. The maximum absolute atomic E-state index is 8.91. The number of ether oxygens (including phenoxy) is 1. The molecule has 1 aliphatic rings. The predicted octanol–water partition coefficient (Wildman–Crippen LogP) is 1.96. The molecular formula is C11H15NO2S. The zero-order valence-electron chi connectivity index (χ0n) is 8.69. The van der Waals surface area contributed by atoms with Gasteiger partial charge in [0.15, 0.2) is 0 Å². The van der Waals surface area contributed by atoms with Gasteiger partial charge in [-0.15, -0.1) is 11.8 Å². The number of aliphatic hydroxyl groups is 1. The van der Waals surface area contributed by atoms with Crippen molar-refractivity contribution in [2.75, 3.05) is 24.8 Å². The summed E-state index contributed by atoms with van der Waals surface area (Å²) < 4.78 is 5.30. The van der Waals surface area contributed by atoms with Gasteiger partial charge in [-0.1, -0.05) is 6.07 Å². The molecule has 1 aromatic rings. The van der Waals surface area contributed by atoms with Crippen molar-refractivity contribution in [1.82, 2.24) is 0 Å². The summed E-state index contributed by atoms with van der Waals surface area (Å²) >= 11 is 1.81. The highest BCUT2D eigenvalue weighted by Crippen LogP contribution is 2.39. The lowest BCUT2D eigenvalue weighted by Gasteiger charge is -2.27. The van der Waals surface area contributed by atoms with Gasteiger partial charge in [0.25, 0.3) is 0 Å². The summed E-state index contributed by atoms with van der Waals surface area (Å²) in [5.74, 6) is 1.88. The van der Waals surface area contributed by atoms with Crippen LogP contribution in [-0.2, 0) is 0 Å². The number of rotatable bonds is 3. The standard InChI is InChI=1S/C11H15NO2S/c1-14-9-3-2-4-10-11(9)12-8(5-6-13)7-15-10/h2-4,8,12-13H,5-7H2,1H3. The number of methoxy groups -OCH3 is 1. The summed E-state index contributed by atoms with van der Waals surface area (Å²) in [7, 11) is 1.68. The lowest BCUT2D eigenvalue weighted by Crippen LogP contribution is -2.27. The molecule has 0 saturated heterocycles. The van der Waals surface area contributed by atoms with Crippen molar-refractivity contribution in [3.05, 3.63) is 18.2 Å². The summed E-state index contributed by atoms with van der Waals surface area (Å²) in [6.07, 6.45) is 0.782. The smallest absolute Gasteiger partial charge is 0.143 e. The number of hydrogen-bond acceptors (Lipinski definition) is 4. The van der Waals surface area contributed by atoms with E-state index in [1.807, 2.05) is 23.9 Å². The van der Waals surface area contributed by atoms with E-state index in [1.54, 1.807) is 7.11 Å². The van der Waals surface area contributed by atoms with Crippen LogP contribution in [0.1, 0.15) is 6.42 Å². The number of aliphatic hydroxyl groups excluding tert-OH is 1. The van der Waals surface area contributed by atoms with Crippen LogP contribution < -0.4 is 10.1 Å². The van der Waals surface area contributed by atoms with Gasteiger partial charge in [-0.25, -0.2) is 0 Å². The molecule has 0 aromatic heterocycles. The highest BCUT2D eigenvalue weighted by atomic mass is 32.2.